The molecule has 138 valence electrons. The molecule has 4 rings (SSSR count). The SMILES string of the molecule is O=C(CN1CCN(c2ccc3c(c2)OCO3)C1=O)NCC(=O)NC1CC1. The monoisotopic (exact) mass is 360 g/mol. The number of nitrogens with zero attached hydrogens (tertiary/aromatic N) is 2. The van der Waals surface area contributed by atoms with Crippen LogP contribution >= 0.6 is 0 Å². The highest BCUT2D eigenvalue weighted by Crippen LogP contribution is 2.36. The van der Waals surface area contributed by atoms with Gasteiger partial charge in [-0.1, -0.05) is 0 Å². The summed E-state index contributed by atoms with van der Waals surface area (Å²) < 4.78 is 10.6. The molecule has 1 saturated heterocycles. The van der Waals surface area contributed by atoms with Crippen LogP contribution in [-0.4, -0.2) is 61.8 Å². The fraction of sp³-hybridized carbons (Fsp3) is 0.471. The Morgan fingerprint density at radius 1 is 1.12 bits per heavy atom. The smallest absolute Gasteiger partial charge is 0.325 e. The maximum Gasteiger partial charge on any atom is 0.325 e. The quantitative estimate of drug-likeness (QED) is 0.747. The fourth-order valence-corrected chi connectivity index (χ4v) is 2.94. The van der Waals surface area contributed by atoms with E-state index in [-0.39, 0.29) is 43.8 Å². The number of rotatable bonds is 6. The summed E-state index contributed by atoms with van der Waals surface area (Å²) in [6, 6.07) is 5.32. The summed E-state index contributed by atoms with van der Waals surface area (Å²) in [5, 5.41) is 5.35. The third-order valence-corrected chi connectivity index (χ3v) is 4.49. The second-order valence-corrected chi connectivity index (χ2v) is 6.51. The molecule has 1 aromatic rings. The number of amides is 4. The topological polar surface area (TPSA) is 100 Å². The second-order valence-electron chi connectivity index (χ2n) is 6.51. The number of carbonyl (C=O) groups is 3. The van der Waals surface area contributed by atoms with Gasteiger partial charge < -0.3 is 25.0 Å². The summed E-state index contributed by atoms with van der Waals surface area (Å²) in [7, 11) is 0. The van der Waals surface area contributed by atoms with Gasteiger partial charge in [-0.3, -0.25) is 14.5 Å². The maximum absolute atomic E-state index is 12.6. The van der Waals surface area contributed by atoms with Crippen LogP contribution in [0.3, 0.4) is 0 Å². The largest absolute Gasteiger partial charge is 0.454 e. The number of carbonyl (C=O) groups excluding carboxylic acids is 3. The first kappa shape index (κ1) is 16.5. The van der Waals surface area contributed by atoms with Crippen LogP contribution in [0, 0.1) is 0 Å². The first-order valence-corrected chi connectivity index (χ1v) is 8.62. The average Bonchev–Trinajstić information content (AvgIpc) is 3.18. The number of ether oxygens (including phenoxy) is 2. The molecule has 2 heterocycles. The molecule has 0 unspecified atom stereocenters. The molecule has 9 nitrogen and oxygen atoms in total. The van der Waals surface area contributed by atoms with Crippen molar-refractivity contribution in [3.05, 3.63) is 18.2 Å². The van der Waals surface area contributed by atoms with Gasteiger partial charge >= 0.3 is 6.03 Å². The number of benzene rings is 1. The number of hydrogen-bond donors (Lipinski definition) is 2. The fourth-order valence-electron chi connectivity index (χ4n) is 2.94. The third-order valence-electron chi connectivity index (χ3n) is 4.49. The van der Waals surface area contributed by atoms with Crippen LogP contribution in [0.4, 0.5) is 10.5 Å². The van der Waals surface area contributed by atoms with Crippen LogP contribution in [0.5, 0.6) is 11.5 Å². The van der Waals surface area contributed by atoms with E-state index in [4.69, 9.17) is 9.47 Å². The van der Waals surface area contributed by atoms with Crippen LogP contribution in [0.1, 0.15) is 12.8 Å². The predicted molar refractivity (Wildman–Crippen MR) is 91.1 cm³/mol. The molecule has 0 bridgehead atoms. The Morgan fingerprint density at radius 2 is 1.92 bits per heavy atom. The molecule has 3 aliphatic rings. The number of nitrogens with one attached hydrogen (secondary N) is 2. The molecular weight excluding hydrogens is 340 g/mol. The van der Waals surface area contributed by atoms with Gasteiger partial charge in [0, 0.05) is 30.9 Å². The first-order chi connectivity index (χ1) is 12.6. The highest BCUT2D eigenvalue weighted by molar-refractivity contribution is 5.97. The van der Waals surface area contributed by atoms with E-state index in [1.165, 1.54) is 4.90 Å². The van der Waals surface area contributed by atoms with E-state index >= 15 is 0 Å². The standard InChI is InChI=1S/C17H20N4O5/c22-15(19-11-1-2-11)8-18-16(23)9-20-5-6-21(17(20)24)12-3-4-13-14(7-12)26-10-25-13/h3-4,7,11H,1-2,5-6,8-10H2,(H,18,23)(H,19,22). The van der Waals surface area contributed by atoms with E-state index in [2.05, 4.69) is 10.6 Å². The summed E-state index contributed by atoms with van der Waals surface area (Å²) in [5.74, 6) is 0.710. The minimum Gasteiger partial charge on any atom is -0.454 e. The summed E-state index contributed by atoms with van der Waals surface area (Å²) in [6.07, 6.45) is 2.00. The number of anilines is 1. The normalized spacial score (nSPS) is 18.2. The van der Waals surface area contributed by atoms with Gasteiger partial charge in [0.25, 0.3) is 0 Å². The van der Waals surface area contributed by atoms with Crippen LogP contribution in [0.15, 0.2) is 18.2 Å². The van der Waals surface area contributed by atoms with Crippen LogP contribution in [0.2, 0.25) is 0 Å². The van der Waals surface area contributed by atoms with E-state index in [1.54, 1.807) is 23.1 Å². The molecule has 4 amide bonds. The zero-order chi connectivity index (χ0) is 18.1. The van der Waals surface area contributed by atoms with Crippen molar-refractivity contribution in [2.75, 3.05) is 37.9 Å². The molecule has 9 heteroatoms. The van der Waals surface area contributed by atoms with Crippen LogP contribution < -0.4 is 25.0 Å². The first-order valence-electron chi connectivity index (χ1n) is 8.62. The highest BCUT2D eigenvalue weighted by Gasteiger charge is 2.32. The van der Waals surface area contributed by atoms with Crippen molar-refractivity contribution in [1.82, 2.24) is 15.5 Å². The molecule has 0 spiro atoms. The number of fused-ring (bicyclic) bond motifs is 1. The number of hydrogen-bond acceptors (Lipinski definition) is 5. The maximum atomic E-state index is 12.6. The van der Waals surface area contributed by atoms with E-state index in [0.717, 1.165) is 12.8 Å². The summed E-state index contributed by atoms with van der Waals surface area (Å²) >= 11 is 0. The molecule has 0 atom stereocenters. The van der Waals surface area contributed by atoms with Crippen LogP contribution in [0.25, 0.3) is 0 Å². The van der Waals surface area contributed by atoms with Crippen molar-refractivity contribution in [2.24, 2.45) is 0 Å². The molecule has 2 N–H and O–H groups in total. The Balaban J connectivity index is 1.29. The van der Waals surface area contributed by atoms with Gasteiger partial charge in [0.05, 0.1) is 6.54 Å². The molecule has 0 aromatic heterocycles. The number of urea groups is 1. The van der Waals surface area contributed by atoms with E-state index in [1.807, 2.05) is 0 Å². The van der Waals surface area contributed by atoms with Crippen molar-refractivity contribution in [3.63, 3.8) is 0 Å². The summed E-state index contributed by atoms with van der Waals surface area (Å²) in [4.78, 5) is 39.2. The molecule has 0 radical (unpaired) electrons. The van der Waals surface area contributed by atoms with E-state index < -0.39 is 0 Å². The Labute approximate surface area is 150 Å². The van der Waals surface area contributed by atoms with Gasteiger partial charge in [-0.25, -0.2) is 4.79 Å². The predicted octanol–water partition coefficient (Wildman–Crippen LogP) is 0.0521. The lowest BCUT2D eigenvalue weighted by Crippen LogP contribution is -2.43. The Kier molecular flexibility index (Phi) is 4.27. The molecule has 2 fully saturated rings. The highest BCUT2D eigenvalue weighted by atomic mass is 16.7. The molecule has 1 saturated carbocycles. The molecule has 2 aliphatic heterocycles. The summed E-state index contributed by atoms with van der Waals surface area (Å²) in [6.45, 7) is 0.954. The molecule has 1 aliphatic carbocycles. The van der Waals surface area contributed by atoms with Crippen molar-refractivity contribution in [3.8, 4) is 11.5 Å². The van der Waals surface area contributed by atoms with E-state index in [9.17, 15) is 14.4 Å². The molecular formula is C17H20N4O5. The van der Waals surface area contributed by atoms with Crippen molar-refractivity contribution < 1.29 is 23.9 Å². The Bertz CT molecular complexity index is 749. The molecule has 1 aromatic carbocycles. The average molecular weight is 360 g/mol. The Hall–Kier alpha value is -2.97. The lowest BCUT2D eigenvalue weighted by atomic mass is 10.2. The zero-order valence-corrected chi connectivity index (χ0v) is 14.2. The van der Waals surface area contributed by atoms with Crippen molar-refractivity contribution in [1.29, 1.82) is 0 Å². The van der Waals surface area contributed by atoms with Gasteiger partial charge in [0.15, 0.2) is 11.5 Å². The van der Waals surface area contributed by atoms with Crippen LogP contribution in [-0.2, 0) is 9.59 Å². The van der Waals surface area contributed by atoms with Gasteiger partial charge in [-0.15, -0.1) is 0 Å². The minimum absolute atomic E-state index is 0.0662. The van der Waals surface area contributed by atoms with Gasteiger partial charge in [0.2, 0.25) is 18.6 Å². The van der Waals surface area contributed by atoms with Gasteiger partial charge in [0.1, 0.15) is 6.54 Å². The Morgan fingerprint density at radius 3 is 2.73 bits per heavy atom. The zero-order valence-electron chi connectivity index (χ0n) is 14.2. The second kappa shape index (κ2) is 6.74. The van der Waals surface area contributed by atoms with Crippen molar-refractivity contribution >= 4 is 23.5 Å². The van der Waals surface area contributed by atoms with Crippen molar-refractivity contribution in [2.45, 2.75) is 18.9 Å². The van der Waals surface area contributed by atoms with Gasteiger partial charge in [-0.2, -0.15) is 0 Å². The molecule has 26 heavy (non-hydrogen) atoms. The lowest BCUT2D eigenvalue weighted by Gasteiger charge is -2.18. The third kappa shape index (κ3) is 3.51. The van der Waals surface area contributed by atoms with Gasteiger partial charge in [-0.05, 0) is 25.0 Å². The minimum atomic E-state index is -0.350. The van der Waals surface area contributed by atoms with E-state index in [0.29, 0.717) is 30.3 Å². The lowest BCUT2D eigenvalue weighted by molar-refractivity contribution is -0.126. The summed E-state index contributed by atoms with van der Waals surface area (Å²) in [5.41, 5.74) is 0.700.